The number of nitrogens with one attached hydrogen (secondary N) is 1. The number of benzene rings is 1. The number of aromatic amines is 1. The number of anilines is 1. The van der Waals surface area contributed by atoms with Gasteiger partial charge in [0.05, 0.1) is 11.9 Å². The molecule has 1 aromatic carbocycles. The van der Waals surface area contributed by atoms with Gasteiger partial charge < -0.3 is 0 Å². The zero-order valence-corrected chi connectivity index (χ0v) is 12.0. The molecule has 0 amide bonds. The fraction of sp³-hybridized carbons (Fsp3) is 0.357. The minimum absolute atomic E-state index is 0.106. The van der Waals surface area contributed by atoms with E-state index < -0.39 is 10.0 Å². The molecule has 1 aliphatic heterocycles. The van der Waals surface area contributed by atoms with Gasteiger partial charge in [0, 0.05) is 23.7 Å². The molecule has 110 valence electrons. The number of H-pyrrole nitrogens is 1. The van der Waals surface area contributed by atoms with Crippen molar-refractivity contribution in [3.05, 3.63) is 42.0 Å². The molecule has 5 nitrogen and oxygen atoms in total. The third kappa shape index (κ3) is 1.61. The number of sulfonamides is 1. The Morgan fingerprint density at radius 1 is 1.33 bits per heavy atom. The second-order valence-electron chi connectivity index (χ2n) is 5.71. The van der Waals surface area contributed by atoms with Crippen LogP contribution in [-0.4, -0.2) is 25.2 Å². The normalized spacial score (nSPS) is 19.6. The molecule has 0 radical (unpaired) electrons. The Morgan fingerprint density at radius 3 is 2.76 bits per heavy atom. The van der Waals surface area contributed by atoms with Crippen LogP contribution in [0.3, 0.4) is 0 Å². The van der Waals surface area contributed by atoms with Crippen LogP contribution in [0.15, 0.2) is 35.5 Å². The van der Waals surface area contributed by atoms with Crippen molar-refractivity contribution in [1.82, 2.24) is 10.2 Å². The molecule has 0 atom stereocenters. The Labute approximate surface area is 121 Å². The van der Waals surface area contributed by atoms with E-state index in [1.807, 2.05) is 0 Å². The molecule has 1 N–H and O–H groups in total. The lowest BCUT2D eigenvalue weighted by Gasteiger charge is -2.38. The van der Waals surface area contributed by atoms with Crippen LogP contribution >= 0.6 is 0 Å². The summed E-state index contributed by atoms with van der Waals surface area (Å²) in [6, 6.07) is 4.65. The highest BCUT2D eigenvalue weighted by Gasteiger charge is 2.51. The van der Waals surface area contributed by atoms with Crippen LogP contribution in [0.1, 0.15) is 24.8 Å². The van der Waals surface area contributed by atoms with E-state index in [0.717, 1.165) is 19.3 Å². The topological polar surface area (TPSA) is 66.1 Å². The average Bonchev–Trinajstić information content (AvgIpc) is 3.04. The highest BCUT2D eigenvalue weighted by molar-refractivity contribution is 7.92. The Kier molecular flexibility index (Phi) is 2.48. The standard InChI is InChI=1S/C14H14FN3O2S/c15-11-3-1-4-12-13(11)14(5-2-6-14)9-18(12)21(19,20)10-7-16-17-8-10/h1,3-4,7-8H,2,5-6,9H2,(H,16,17). The van der Waals surface area contributed by atoms with Crippen molar-refractivity contribution >= 4 is 15.7 Å². The maximum absolute atomic E-state index is 14.3. The number of rotatable bonds is 2. The summed E-state index contributed by atoms with van der Waals surface area (Å²) in [5.41, 5.74) is 0.677. The molecule has 1 aromatic heterocycles. The molecular weight excluding hydrogens is 293 g/mol. The second-order valence-corrected chi connectivity index (χ2v) is 7.58. The van der Waals surface area contributed by atoms with E-state index in [-0.39, 0.29) is 16.1 Å². The van der Waals surface area contributed by atoms with Gasteiger partial charge in [0.1, 0.15) is 10.7 Å². The maximum atomic E-state index is 14.3. The molecule has 7 heteroatoms. The number of halogens is 1. The smallest absolute Gasteiger partial charge is 0.267 e. The summed E-state index contributed by atoms with van der Waals surface area (Å²) in [4.78, 5) is 0.106. The lowest BCUT2D eigenvalue weighted by molar-refractivity contribution is 0.260. The molecule has 2 heterocycles. The molecule has 0 saturated heterocycles. The van der Waals surface area contributed by atoms with Crippen LogP contribution in [0.5, 0.6) is 0 Å². The Morgan fingerprint density at radius 2 is 2.14 bits per heavy atom. The largest absolute Gasteiger partial charge is 0.284 e. The molecule has 1 aliphatic carbocycles. The first-order valence-electron chi connectivity index (χ1n) is 6.85. The quantitative estimate of drug-likeness (QED) is 0.925. The van der Waals surface area contributed by atoms with E-state index >= 15 is 0 Å². The van der Waals surface area contributed by atoms with Crippen molar-refractivity contribution in [3.8, 4) is 0 Å². The number of aromatic nitrogens is 2. The minimum Gasteiger partial charge on any atom is -0.284 e. The first-order chi connectivity index (χ1) is 10.0. The number of nitrogens with zero attached hydrogens (tertiary/aromatic N) is 2. The van der Waals surface area contributed by atoms with Crippen molar-refractivity contribution in [1.29, 1.82) is 0 Å². The minimum atomic E-state index is -3.70. The molecule has 1 spiro atoms. The molecule has 0 unspecified atom stereocenters. The number of fused-ring (bicyclic) bond motifs is 2. The van der Waals surface area contributed by atoms with Gasteiger partial charge in [-0.3, -0.25) is 9.40 Å². The third-order valence-corrected chi connectivity index (χ3v) is 6.33. The van der Waals surface area contributed by atoms with Gasteiger partial charge >= 0.3 is 0 Å². The second kappa shape index (κ2) is 4.07. The summed E-state index contributed by atoms with van der Waals surface area (Å²) in [6.07, 6.45) is 5.30. The summed E-state index contributed by atoms with van der Waals surface area (Å²) in [5, 5.41) is 6.21. The molecule has 2 aromatic rings. The molecular formula is C14H14FN3O2S. The van der Waals surface area contributed by atoms with E-state index in [1.165, 1.54) is 22.8 Å². The summed E-state index contributed by atoms with van der Waals surface area (Å²) in [6.45, 7) is 0.316. The van der Waals surface area contributed by atoms with Crippen molar-refractivity contribution < 1.29 is 12.8 Å². The van der Waals surface area contributed by atoms with E-state index in [1.54, 1.807) is 12.1 Å². The van der Waals surface area contributed by atoms with Crippen molar-refractivity contribution in [3.63, 3.8) is 0 Å². The predicted octanol–water partition coefficient (Wildman–Crippen LogP) is 2.18. The first kappa shape index (κ1) is 12.8. The summed E-state index contributed by atoms with van der Waals surface area (Å²) in [7, 11) is -3.70. The highest BCUT2D eigenvalue weighted by atomic mass is 32.2. The van der Waals surface area contributed by atoms with E-state index in [2.05, 4.69) is 10.2 Å². The monoisotopic (exact) mass is 307 g/mol. The van der Waals surface area contributed by atoms with Crippen LogP contribution in [0.25, 0.3) is 0 Å². The third-order valence-electron chi connectivity index (χ3n) is 4.61. The van der Waals surface area contributed by atoms with E-state index in [0.29, 0.717) is 17.8 Å². The average molecular weight is 307 g/mol. The Bertz CT molecular complexity index is 798. The molecule has 1 saturated carbocycles. The number of hydrogen-bond acceptors (Lipinski definition) is 3. The van der Waals surface area contributed by atoms with Crippen LogP contribution in [0.2, 0.25) is 0 Å². The summed E-state index contributed by atoms with van der Waals surface area (Å²) in [5.74, 6) is -0.308. The maximum Gasteiger partial charge on any atom is 0.267 e. The van der Waals surface area contributed by atoms with Gasteiger partial charge in [-0.15, -0.1) is 0 Å². The zero-order chi connectivity index (χ0) is 14.7. The van der Waals surface area contributed by atoms with E-state index in [4.69, 9.17) is 0 Å². The van der Waals surface area contributed by atoms with Gasteiger partial charge in [-0.05, 0) is 25.0 Å². The van der Waals surface area contributed by atoms with Gasteiger partial charge in [0.25, 0.3) is 10.0 Å². The van der Waals surface area contributed by atoms with Crippen LogP contribution in [-0.2, 0) is 15.4 Å². The van der Waals surface area contributed by atoms with Gasteiger partial charge in [-0.2, -0.15) is 5.10 Å². The summed E-state index contributed by atoms with van der Waals surface area (Å²) >= 11 is 0. The first-order valence-corrected chi connectivity index (χ1v) is 8.29. The van der Waals surface area contributed by atoms with Crippen molar-refractivity contribution in [2.75, 3.05) is 10.8 Å². The van der Waals surface area contributed by atoms with Crippen molar-refractivity contribution in [2.45, 2.75) is 29.6 Å². The highest BCUT2D eigenvalue weighted by Crippen LogP contribution is 2.54. The van der Waals surface area contributed by atoms with Gasteiger partial charge in [0.15, 0.2) is 0 Å². The predicted molar refractivity (Wildman–Crippen MR) is 75.0 cm³/mol. The lowest BCUT2D eigenvalue weighted by Crippen LogP contribution is -2.41. The molecule has 1 fully saturated rings. The zero-order valence-electron chi connectivity index (χ0n) is 11.2. The van der Waals surface area contributed by atoms with Gasteiger partial charge in [0.2, 0.25) is 0 Å². The van der Waals surface area contributed by atoms with Gasteiger partial charge in [-0.1, -0.05) is 12.5 Å². The fourth-order valence-electron chi connectivity index (χ4n) is 3.42. The van der Waals surface area contributed by atoms with Gasteiger partial charge in [-0.25, -0.2) is 12.8 Å². The fourth-order valence-corrected chi connectivity index (χ4v) is 4.89. The van der Waals surface area contributed by atoms with E-state index in [9.17, 15) is 12.8 Å². The number of hydrogen-bond donors (Lipinski definition) is 1. The summed E-state index contributed by atoms with van der Waals surface area (Å²) < 4.78 is 41.1. The Hall–Kier alpha value is -1.89. The van der Waals surface area contributed by atoms with Crippen LogP contribution in [0, 0.1) is 5.82 Å². The molecule has 0 bridgehead atoms. The lowest BCUT2D eigenvalue weighted by atomic mass is 9.65. The van der Waals surface area contributed by atoms with Crippen LogP contribution < -0.4 is 4.31 Å². The van der Waals surface area contributed by atoms with Crippen LogP contribution in [0.4, 0.5) is 10.1 Å². The molecule has 21 heavy (non-hydrogen) atoms. The SMILES string of the molecule is O=S(=O)(c1cn[nH]c1)N1CC2(CCC2)c2c(F)cccc21. The Balaban J connectivity index is 1.89. The molecule has 4 rings (SSSR count). The molecule has 2 aliphatic rings. The van der Waals surface area contributed by atoms with Crippen molar-refractivity contribution in [2.24, 2.45) is 0 Å².